The van der Waals surface area contributed by atoms with E-state index in [4.69, 9.17) is 11.6 Å². The van der Waals surface area contributed by atoms with Crippen molar-refractivity contribution in [3.8, 4) is 0 Å². The molecule has 0 fully saturated rings. The van der Waals surface area contributed by atoms with Gasteiger partial charge in [-0.3, -0.25) is 4.90 Å². The molecule has 1 unspecified atom stereocenters. The van der Waals surface area contributed by atoms with Crippen molar-refractivity contribution in [3.63, 3.8) is 0 Å². The summed E-state index contributed by atoms with van der Waals surface area (Å²) in [4.78, 5) is 1.69. The highest BCUT2D eigenvalue weighted by molar-refractivity contribution is 6.23. The van der Waals surface area contributed by atoms with Gasteiger partial charge in [-0.2, -0.15) is 0 Å². The maximum atomic E-state index is 6.56. The third-order valence-electron chi connectivity index (χ3n) is 2.67. The zero-order valence-electron chi connectivity index (χ0n) is 9.34. The first-order valence-corrected chi connectivity index (χ1v) is 5.32. The summed E-state index contributed by atoms with van der Waals surface area (Å²) >= 11 is 6.56. The highest BCUT2D eigenvalue weighted by Gasteiger charge is 2.29. The number of nitrogens with zero attached hydrogens (tertiary/aromatic N) is 1. The molecule has 2 heteroatoms. The molecule has 0 bridgehead atoms. The van der Waals surface area contributed by atoms with Gasteiger partial charge in [-0.05, 0) is 33.0 Å². The van der Waals surface area contributed by atoms with Crippen molar-refractivity contribution in [2.75, 3.05) is 14.1 Å². The van der Waals surface area contributed by atoms with Gasteiger partial charge in [-0.25, -0.2) is 0 Å². The van der Waals surface area contributed by atoms with Crippen LogP contribution in [0.15, 0.2) is 24.3 Å². The van der Waals surface area contributed by atoms with E-state index in [9.17, 15) is 0 Å². The van der Waals surface area contributed by atoms with Crippen molar-refractivity contribution < 1.29 is 0 Å². The number of aryl methyl sites for hydroxylation is 1. The normalized spacial score (nSPS) is 15.6. The second kappa shape index (κ2) is 4.33. The second-order valence-corrected chi connectivity index (χ2v) is 4.50. The summed E-state index contributed by atoms with van der Waals surface area (Å²) in [7, 11) is 4.02. The molecule has 1 nitrogen and oxygen atoms in total. The van der Waals surface area contributed by atoms with E-state index in [1.165, 1.54) is 5.56 Å². The molecule has 1 aromatic carbocycles. The van der Waals surface area contributed by atoms with Gasteiger partial charge in [-0.15, -0.1) is 0 Å². The van der Waals surface area contributed by atoms with Crippen LogP contribution in [0.1, 0.15) is 24.5 Å². The van der Waals surface area contributed by atoms with Crippen molar-refractivity contribution in [1.29, 1.82) is 0 Å². The van der Waals surface area contributed by atoms with Gasteiger partial charge in [0.05, 0.1) is 0 Å². The van der Waals surface area contributed by atoms with Crippen LogP contribution >= 0.6 is 11.6 Å². The van der Waals surface area contributed by atoms with E-state index in [0.717, 1.165) is 12.0 Å². The third kappa shape index (κ3) is 2.10. The van der Waals surface area contributed by atoms with Gasteiger partial charge in [0.15, 0.2) is 0 Å². The van der Waals surface area contributed by atoms with Crippen molar-refractivity contribution in [2.45, 2.75) is 25.3 Å². The molecule has 0 heterocycles. The lowest BCUT2D eigenvalue weighted by atomic mass is 10.0. The number of hydrogen-bond donors (Lipinski definition) is 0. The SMILES string of the molecule is CCC(Cl)(c1ccc(C)cc1)N(C)C. The topological polar surface area (TPSA) is 3.24 Å². The lowest BCUT2D eigenvalue weighted by Gasteiger charge is -2.33. The molecule has 0 radical (unpaired) electrons. The number of halogens is 1. The molecule has 0 N–H and O–H groups in total. The average molecular weight is 212 g/mol. The molecule has 0 aliphatic heterocycles. The molecule has 0 aliphatic carbocycles. The number of rotatable bonds is 3. The second-order valence-electron chi connectivity index (χ2n) is 3.87. The Balaban J connectivity index is 3.06. The number of alkyl halides is 1. The smallest absolute Gasteiger partial charge is 0.121 e. The van der Waals surface area contributed by atoms with Gasteiger partial charge in [0, 0.05) is 0 Å². The van der Waals surface area contributed by atoms with Crippen LogP contribution < -0.4 is 0 Å². The van der Waals surface area contributed by atoms with Gasteiger partial charge < -0.3 is 0 Å². The summed E-state index contributed by atoms with van der Waals surface area (Å²) in [5.41, 5.74) is 2.43. The summed E-state index contributed by atoms with van der Waals surface area (Å²) in [5.74, 6) is 0. The highest BCUT2D eigenvalue weighted by Crippen LogP contribution is 2.34. The fraction of sp³-hybridized carbons (Fsp3) is 0.500. The van der Waals surface area contributed by atoms with Crippen molar-refractivity contribution in [2.24, 2.45) is 0 Å². The van der Waals surface area contributed by atoms with Gasteiger partial charge in [-0.1, -0.05) is 48.4 Å². The fourth-order valence-corrected chi connectivity index (χ4v) is 1.71. The molecule has 0 aliphatic rings. The molecule has 0 saturated carbocycles. The van der Waals surface area contributed by atoms with E-state index in [1.54, 1.807) is 0 Å². The Morgan fingerprint density at radius 2 is 1.71 bits per heavy atom. The van der Waals surface area contributed by atoms with Crippen LogP contribution in [0.2, 0.25) is 0 Å². The van der Waals surface area contributed by atoms with Crippen LogP contribution in [-0.2, 0) is 5.00 Å². The Kier molecular flexibility index (Phi) is 3.57. The van der Waals surface area contributed by atoms with Crippen LogP contribution in [0.4, 0.5) is 0 Å². The van der Waals surface area contributed by atoms with Crippen molar-refractivity contribution in [3.05, 3.63) is 35.4 Å². The monoisotopic (exact) mass is 211 g/mol. The molecule has 78 valence electrons. The molecule has 0 amide bonds. The van der Waals surface area contributed by atoms with E-state index in [0.29, 0.717) is 0 Å². The highest BCUT2D eigenvalue weighted by atomic mass is 35.5. The molecule has 1 aromatic rings. The van der Waals surface area contributed by atoms with Crippen LogP contribution in [0, 0.1) is 6.92 Å². The quantitative estimate of drug-likeness (QED) is 0.548. The van der Waals surface area contributed by atoms with Gasteiger partial charge in [0.1, 0.15) is 5.00 Å². The molecule has 0 aromatic heterocycles. The van der Waals surface area contributed by atoms with E-state index < -0.39 is 0 Å². The first kappa shape index (κ1) is 11.5. The first-order chi connectivity index (χ1) is 6.50. The minimum Gasteiger partial charge on any atom is -0.287 e. The third-order valence-corrected chi connectivity index (χ3v) is 3.49. The molecule has 0 spiro atoms. The molecular formula is C12H18ClN. The predicted octanol–water partition coefficient (Wildman–Crippen LogP) is 3.36. The molecular weight excluding hydrogens is 194 g/mol. The summed E-state index contributed by atoms with van der Waals surface area (Å²) < 4.78 is 0. The molecule has 1 atom stereocenters. The van der Waals surface area contributed by atoms with E-state index in [1.807, 2.05) is 14.1 Å². The Morgan fingerprint density at radius 1 is 1.21 bits per heavy atom. The van der Waals surface area contributed by atoms with Crippen LogP contribution in [0.5, 0.6) is 0 Å². The summed E-state index contributed by atoms with van der Waals surface area (Å²) in [6, 6.07) is 8.41. The van der Waals surface area contributed by atoms with E-state index in [-0.39, 0.29) is 5.00 Å². The Hall–Kier alpha value is -0.530. The maximum absolute atomic E-state index is 6.56. The Morgan fingerprint density at radius 3 is 2.07 bits per heavy atom. The van der Waals surface area contributed by atoms with Crippen LogP contribution in [0.25, 0.3) is 0 Å². The van der Waals surface area contributed by atoms with E-state index >= 15 is 0 Å². The average Bonchev–Trinajstić information content (AvgIpc) is 2.17. The zero-order chi connectivity index (χ0) is 10.8. The maximum Gasteiger partial charge on any atom is 0.121 e. The molecule has 14 heavy (non-hydrogen) atoms. The number of hydrogen-bond acceptors (Lipinski definition) is 1. The van der Waals surface area contributed by atoms with Crippen LogP contribution in [-0.4, -0.2) is 19.0 Å². The molecule has 1 rings (SSSR count). The number of benzene rings is 1. The Labute approximate surface area is 91.7 Å². The van der Waals surface area contributed by atoms with Gasteiger partial charge >= 0.3 is 0 Å². The van der Waals surface area contributed by atoms with E-state index in [2.05, 4.69) is 43.0 Å². The summed E-state index contributed by atoms with van der Waals surface area (Å²) in [5, 5.41) is 0. The lowest BCUT2D eigenvalue weighted by Crippen LogP contribution is -2.35. The summed E-state index contributed by atoms with van der Waals surface area (Å²) in [6.07, 6.45) is 0.893. The first-order valence-electron chi connectivity index (χ1n) is 4.94. The minimum atomic E-state index is -0.367. The lowest BCUT2D eigenvalue weighted by molar-refractivity contribution is 0.243. The predicted molar refractivity (Wildman–Crippen MR) is 62.7 cm³/mol. The largest absolute Gasteiger partial charge is 0.287 e. The summed E-state index contributed by atoms with van der Waals surface area (Å²) in [6.45, 7) is 4.19. The van der Waals surface area contributed by atoms with Crippen LogP contribution in [0.3, 0.4) is 0 Å². The fourth-order valence-electron chi connectivity index (χ4n) is 1.59. The van der Waals surface area contributed by atoms with Crippen molar-refractivity contribution in [1.82, 2.24) is 4.90 Å². The standard InChI is InChI=1S/C12H18ClN/c1-5-12(13,14(3)4)11-8-6-10(2)7-9-11/h6-9H,5H2,1-4H3. The minimum absolute atomic E-state index is 0.367. The van der Waals surface area contributed by atoms with Gasteiger partial charge in [0.25, 0.3) is 0 Å². The Bertz CT molecular complexity index is 292. The zero-order valence-corrected chi connectivity index (χ0v) is 10.1. The van der Waals surface area contributed by atoms with Crippen molar-refractivity contribution >= 4 is 11.6 Å². The molecule has 0 saturated heterocycles. The van der Waals surface area contributed by atoms with Gasteiger partial charge in [0.2, 0.25) is 0 Å².